The minimum absolute atomic E-state index is 0.280. The molecule has 0 saturated heterocycles. The molecule has 0 saturated carbocycles. The lowest BCUT2D eigenvalue weighted by Crippen LogP contribution is -2.36. The van der Waals surface area contributed by atoms with E-state index >= 15 is 0 Å². The summed E-state index contributed by atoms with van der Waals surface area (Å²) >= 11 is 1.55. The van der Waals surface area contributed by atoms with Crippen molar-refractivity contribution in [3.05, 3.63) is 52.2 Å². The van der Waals surface area contributed by atoms with E-state index in [2.05, 4.69) is 38.7 Å². The Morgan fingerprint density at radius 1 is 1.04 bits per heavy atom. The first-order chi connectivity index (χ1) is 11.0. The fraction of sp³-hybridized carbons (Fsp3) is 0.316. The van der Waals surface area contributed by atoms with Gasteiger partial charge in [-0.2, -0.15) is 0 Å². The van der Waals surface area contributed by atoms with Crippen LogP contribution in [0.1, 0.15) is 27.7 Å². The molecule has 120 valence electrons. The van der Waals surface area contributed by atoms with Crippen molar-refractivity contribution in [2.24, 2.45) is 0 Å². The van der Waals surface area contributed by atoms with Crippen LogP contribution in [-0.2, 0) is 0 Å². The first kappa shape index (κ1) is 15.8. The van der Waals surface area contributed by atoms with Crippen LogP contribution >= 0.6 is 11.3 Å². The van der Waals surface area contributed by atoms with Crippen LogP contribution < -0.4 is 10.5 Å². The second-order valence-corrected chi connectivity index (χ2v) is 7.19. The van der Waals surface area contributed by atoms with Crippen LogP contribution in [0.4, 0.5) is 5.69 Å². The van der Waals surface area contributed by atoms with Crippen LogP contribution in [0.5, 0.6) is 0 Å². The fourth-order valence-corrected chi connectivity index (χ4v) is 3.79. The summed E-state index contributed by atoms with van der Waals surface area (Å²) < 4.78 is 5.59. The van der Waals surface area contributed by atoms with Crippen molar-refractivity contribution < 1.29 is 4.42 Å². The Bertz CT molecular complexity index is 855. The Labute approximate surface area is 140 Å². The number of benzene rings is 1. The number of rotatable bonds is 4. The summed E-state index contributed by atoms with van der Waals surface area (Å²) in [5.41, 5.74) is 2.07. The maximum Gasteiger partial charge on any atom is 0.345 e. The molecule has 0 aliphatic carbocycles. The summed E-state index contributed by atoms with van der Waals surface area (Å²) in [7, 11) is 0. The van der Waals surface area contributed by atoms with Crippen molar-refractivity contribution in [2.75, 3.05) is 4.90 Å². The Morgan fingerprint density at radius 3 is 2.39 bits per heavy atom. The molecule has 4 heteroatoms. The minimum atomic E-state index is -0.280. The lowest BCUT2D eigenvalue weighted by molar-refractivity contribution is 0.562. The molecule has 0 spiro atoms. The summed E-state index contributed by atoms with van der Waals surface area (Å²) in [5.74, 6) is 0. The van der Waals surface area contributed by atoms with Gasteiger partial charge in [0, 0.05) is 34.1 Å². The second kappa shape index (κ2) is 6.20. The Balaban J connectivity index is 2.11. The average Bonchev–Trinajstić information content (AvgIpc) is 2.99. The van der Waals surface area contributed by atoms with Gasteiger partial charge in [-0.15, -0.1) is 11.3 Å². The van der Waals surface area contributed by atoms with E-state index in [1.54, 1.807) is 11.3 Å². The Morgan fingerprint density at radius 2 is 1.78 bits per heavy atom. The van der Waals surface area contributed by atoms with Crippen LogP contribution in [-0.4, -0.2) is 12.1 Å². The minimum Gasteiger partial charge on any atom is -0.422 e. The lowest BCUT2D eigenvalue weighted by atomic mass is 10.1. The van der Waals surface area contributed by atoms with Crippen molar-refractivity contribution in [3.8, 4) is 10.4 Å². The molecule has 0 radical (unpaired) electrons. The number of thiophene rings is 1. The highest BCUT2D eigenvalue weighted by Crippen LogP contribution is 2.28. The van der Waals surface area contributed by atoms with Gasteiger partial charge in [-0.05, 0) is 57.3 Å². The SMILES string of the molecule is CC(C)N(c1ccc2cc(-c3cccs3)c(=O)oc2c1)C(C)C. The highest BCUT2D eigenvalue weighted by Gasteiger charge is 2.16. The van der Waals surface area contributed by atoms with Gasteiger partial charge in [-0.1, -0.05) is 6.07 Å². The zero-order chi connectivity index (χ0) is 16.6. The predicted molar refractivity (Wildman–Crippen MR) is 98.5 cm³/mol. The molecule has 0 N–H and O–H groups in total. The van der Waals surface area contributed by atoms with Crippen molar-refractivity contribution in [2.45, 2.75) is 39.8 Å². The number of anilines is 1. The topological polar surface area (TPSA) is 33.5 Å². The lowest BCUT2D eigenvalue weighted by Gasteiger charge is -2.33. The standard InChI is InChI=1S/C19H21NO2S/c1-12(2)20(13(3)4)15-8-7-14-10-16(18-6-5-9-23-18)19(21)22-17(14)11-15/h5-13H,1-4H3. The molecule has 3 aromatic rings. The summed E-state index contributed by atoms with van der Waals surface area (Å²) in [6.45, 7) is 8.67. The van der Waals surface area contributed by atoms with E-state index < -0.39 is 0 Å². The summed E-state index contributed by atoms with van der Waals surface area (Å²) in [6, 6.07) is 12.7. The van der Waals surface area contributed by atoms with Gasteiger partial charge >= 0.3 is 5.63 Å². The molecule has 3 rings (SSSR count). The van der Waals surface area contributed by atoms with Crippen LogP contribution in [0.15, 0.2) is 51.0 Å². The number of hydrogen-bond acceptors (Lipinski definition) is 4. The average molecular weight is 327 g/mol. The van der Waals surface area contributed by atoms with Crippen LogP contribution in [0.25, 0.3) is 21.4 Å². The monoisotopic (exact) mass is 327 g/mol. The van der Waals surface area contributed by atoms with Gasteiger partial charge in [0.25, 0.3) is 0 Å². The molecule has 23 heavy (non-hydrogen) atoms. The van der Waals surface area contributed by atoms with E-state index in [9.17, 15) is 4.79 Å². The van der Waals surface area contributed by atoms with E-state index in [-0.39, 0.29) is 5.63 Å². The predicted octanol–water partition coefficient (Wildman–Crippen LogP) is 5.14. The highest BCUT2D eigenvalue weighted by molar-refractivity contribution is 7.13. The van der Waals surface area contributed by atoms with Gasteiger partial charge in [-0.25, -0.2) is 4.79 Å². The normalized spacial score (nSPS) is 11.6. The van der Waals surface area contributed by atoms with Gasteiger partial charge in [0.05, 0.1) is 5.56 Å². The molecule has 1 aromatic carbocycles. The molecule has 2 heterocycles. The van der Waals surface area contributed by atoms with Crippen LogP contribution in [0, 0.1) is 0 Å². The Hall–Kier alpha value is -2.07. The third-order valence-electron chi connectivity index (χ3n) is 3.92. The van der Waals surface area contributed by atoms with Crippen molar-refractivity contribution >= 4 is 28.0 Å². The van der Waals surface area contributed by atoms with E-state index in [0.717, 1.165) is 16.0 Å². The summed E-state index contributed by atoms with van der Waals surface area (Å²) in [4.78, 5) is 15.6. The third kappa shape index (κ3) is 3.04. The molecule has 0 aliphatic rings. The van der Waals surface area contributed by atoms with Crippen LogP contribution in [0.2, 0.25) is 0 Å². The largest absolute Gasteiger partial charge is 0.422 e. The smallest absolute Gasteiger partial charge is 0.345 e. The molecule has 3 nitrogen and oxygen atoms in total. The molecular weight excluding hydrogens is 306 g/mol. The number of hydrogen-bond donors (Lipinski definition) is 0. The quantitative estimate of drug-likeness (QED) is 0.622. The molecule has 0 bridgehead atoms. The van der Waals surface area contributed by atoms with Crippen molar-refractivity contribution in [1.29, 1.82) is 0 Å². The van der Waals surface area contributed by atoms with E-state index in [1.807, 2.05) is 35.7 Å². The zero-order valence-corrected chi connectivity index (χ0v) is 14.7. The Kier molecular flexibility index (Phi) is 4.26. The third-order valence-corrected chi connectivity index (χ3v) is 4.82. The molecule has 0 amide bonds. The fourth-order valence-electron chi connectivity index (χ4n) is 3.06. The first-order valence-electron chi connectivity index (χ1n) is 7.87. The van der Waals surface area contributed by atoms with Gasteiger partial charge in [0.2, 0.25) is 0 Å². The van der Waals surface area contributed by atoms with E-state index in [4.69, 9.17) is 4.42 Å². The van der Waals surface area contributed by atoms with Gasteiger partial charge in [0.15, 0.2) is 0 Å². The molecule has 0 unspecified atom stereocenters. The molecule has 0 aliphatic heterocycles. The number of nitrogens with zero attached hydrogens (tertiary/aromatic N) is 1. The molecular formula is C19H21NO2S. The van der Waals surface area contributed by atoms with Crippen LogP contribution in [0.3, 0.4) is 0 Å². The maximum absolute atomic E-state index is 12.3. The first-order valence-corrected chi connectivity index (χ1v) is 8.75. The molecule has 0 atom stereocenters. The molecule has 0 fully saturated rings. The van der Waals surface area contributed by atoms with Crippen molar-refractivity contribution in [3.63, 3.8) is 0 Å². The highest BCUT2D eigenvalue weighted by atomic mass is 32.1. The summed E-state index contributed by atoms with van der Waals surface area (Å²) in [5, 5.41) is 2.91. The van der Waals surface area contributed by atoms with Gasteiger partial charge in [-0.3, -0.25) is 0 Å². The number of fused-ring (bicyclic) bond motifs is 1. The van der Waals surface area contributed by atoms with E-state index in [1.165, 1.54) is 0 Å². The zero-order valence-electron chi connectivity index (χ0n) is 13.9. The second-order valence-electron chi connectivity index (χ2n) is 6.24. The summed E-state index contributed by atoms with van der Waals surface area (Å²) in [6.07, 6.45) is 0. The maximum atomic E-state index is 12.3. The molecule has 2 aromatic heterocycles. The van der Waals surface area contributed by atoms with Gasteiger partial charge in [0.1, 0.15) is 5.58 Å². The van der Waals surface area contributed by atoms with E-state index in [0.29, 0.717) is 23.2 Å². The van der Waals surface area contributed by atoms with Gasteiger partial charge < -0.3 is 9.32 Å². The van der Waals surface area contributed by atoms with Crippen molar-refractivity contribution in [1.82, 2.24) is 0 Å².